The summed E-state index contributed by atoms with van der Waals surface area (Å²) < 4.78 is 11.5. The molecule has 0 aromatic heterocycles. The van der Waals surface area contributed by atoms with Crippen molar-refractivity contribution in [1.29, 1.82) is 0 Å². The number of allylic oxidation sites excluding steroid dienone is 2. The maximum absolute atomic E-state index is 13.1. The summed E-state index contributed by atoms with van der Waals surface area (Å²) in [5, 5.41) is 59.1. The first-order valence-corrected chi connectivity index (χ1v) is 25.5. The van der Waals surface area contributed by atoms with E-state index in [2.05, 4.69) is 36.6 Å². The van der Waals surface area contributed by atoms with Gasteiger partial charge in [-0.1, -0.05) is 193 Å². The SMILES string of the molecule is CCCCCCCC/C=C\CCCCCCCCCCCCCC(=O)N[C@@H](CO[C@@H]1O[C@H](CNC(C)=O)[C@H](O)[C@H](O)[C@H]1O)[C@H](O)[C@H](O)CCCCCCCCCCCCCC. The van der Waals surface area contributed by atoms with Crippen LogP contribution in [0.3, 0.4) is 0 Å². The van der Waals surface area contributed by atoms with E-state index in [9.17, 15) is 35.1 Å². The summed E-state index contributed by atoms with van der Waals surface area (Å²) in [4.78, 5) is 24.6. The number of aliphatic hydroxyl groups is 5. The van der Waals surface area contributed by atoms with E-state index in [1.807, 2.05) is 0 Å². The Morgan fingerprint density at radius 3 is 1.48 bits per heavy atom. The van der Waals surface area contributed by atoms with Crippen LogP contribution < -0.4 is 10.6 Å². The van der Waals surface area contributed by atoms with Gasteiger partial charge >= 0.3 is 0 Å². The van der Waals surface area contributed by atoms with Crippen molar-refractivity contribution in [2.75, 3.05) is 13.2 Å². The van der Waals surface area contributed by atoms with E-state index in [0.717, 1.165) is 44.9 Å². The number of hydrogen-bond donors (Lipinski definition) is 7. The van der Waals surface area contributed by atoms with Crippen LogP contribution in [0, 0.1) is 0 Å². The van der Waals surface area contributed by atoms with Crippen molar-refractivity contribution in [3.8, 4) is 0 Å². The van der Waals surface area contributed by atoms with Crippen LogP contribution in [0.5, 0.6) is 0 Å². The van der Waals surface area contributed by atoms with Crippen LogP contribution in [0.1, 0.15) is 233 Å². The highest BCUT2D eigenvalue weighted by atomic mass is 16.7. The number of carbonyl (C=O) groups excluding carboxylic acids is 2. The predicted molar refractivity (Wildman–Crippen MR) is 248 cm³/mol. The Kier molecular flexibility index (Phi) is 37.6. The fraction of sp³-hybridized carbons (Fsp3) is 0.920. The Hall–Kier alpha value is -1.60. The molecule has 1 fully saturated rings. The number of ether oxygens (including phenoxy) is 2. The third-order valence-electron chi connectivity index (χ3n) is 12.3. The van der Waals surface area contributed by atoms with Crippen molar-refractivity contribution in [2.45, 2.75) is 282 Å². The van der Waals surface area contributed by atoms with Crippen LogP contribution in [0.4, 0.5) is 0 Å². The summed E-state index contributed by atoms with van der Waals surface area (Å²) in [6.45, 7) is 5.39. The maximum atomic E-state index is 13.1. The zero-order valence-corrected chi connectivity index (χ0v) is 39.4. The summed E-state index contributed by atoms with van der Waals surface area (Å²) in [6, 6.07) is -1.00. The molecular formula is C50H96N2O9. The monoisotopic (exact) mass is 869 g/mol. The number of aliphatic hydroxyl groups excluding tert-OH is 5. The minimum atomic E-state index is -1.61. The molecule has 0 aliphatic carbocycles. The molecule has 0 saturated carbocycles. The summed E-state index contributed by atoms with van der Waals surface area (Å²) in [7, 11) is 0. The average Bonchev–Trinajstić information content (AvgIpc) is 3.24. The number of hydrogen-bond acceptors (Lipinski definition) is 9. The Morgan fingerprint density at radius 1 is 0.590 bits per heavy atom. The number of rotatable bonds is 42. The van der Waals surface area contributed by atoms with Crippen molar-refractivity contribution in [3.63, 3.8) is 0 Å². The second-order valence-electron chi connectivity index (χ2n) is 18.2. The first-order chi connectivity index (χ1) is 29.6. The van der Waals surface area contributed by atoms with Crippen LogP contribution in [0.2, 0.25) is 0 Å². The second kappa shape index (κ2) is 40.0. The second-order valence-corrected chi connectivity index (χ2v) is 18.2. The van der Waals surface area contributed by atoms with Crippen LogP contribution in [0.15, 0.2) is 12.2 Å². The molecule has 1 saturated heterocycles. The molecule has 1 aliphatic rings. The third kappa shape index (κ3) is 31.0. The fourth-order valence-corrected chi connectivity index (χ4v) is 8.22. The molecule has 0 unspecified atom stereocenters. The lowest BCUT2D eigenvalue weighted by Crippen LogP contribution is -2.61. The number of nitrogens with one attached hydrogen (secondary N) is 2. The Bertz CT molecular complexity index is 1050. The van der Waals surface area contributed by atoms with Gasteiger partial charge in [-0.05, 0) is 38.5 Å². The number of amides is 2. The van der Waals surface area contributed by atoms with E-state index in [-0.39, 0.29) is 31.4 Å². The first-order valence-electron chi connectivity index (χ1n) is 25.5. The molecule has 0 aromatic rings. The van der Waals surface area contributed by atoms with Crippen LogP contribution in [-0.2, 0) is 19.1 Å². The standard InChI is InChI=1S/C50H96N2O9/c1-4-6-8-10-12-14-16-18-19-20-21-22-23-24-25-26-28-30-32-34-36-38-45(55)52-42(40-60-50-49(59)48(58)47(57)44(61-50)39-51-41(3)53)46(56)43(54)37-35-33-31-29-27-17-15-13-11-9-7-5-2/h18-19,42-44,46-50,54,56-59H,4-17,20-40H2,1-3H3,(H,51,53)(H,52,55)/b19-18-/t42-,43+,44+,46-,47-,48-,49+,50+/m0/s1. The van der Waals surface area contributed by atoms with Gasteiger partial charge in [-0.15, -0.1) is 0 Å². The normalized spacial score (nSPS) is 20.8. The molecule has 8 atom stereocenters. The summed E-state index contributed by atoms with van der Waals surface area (Å²) in [5.74, 6) is -0.613. The van der Waals surface area contributed by atoms with Gasteiger partial charge in [-0.2, -0.15) is 0 Å². The van der Waals surface area contributed by atoms with Crippen LogP contribution >= 0.6 is 0 Å². The molecule has 61 heavy (non-hydrogen) atoms. The number of unbranched alkanes of at least 4 members (excludes halogenated alkanes) is 28. The van der Waals surface area contributed by atoms with E-state index in [1.165, 1.54) is 155 Å². The van der Waals surface area contributed by atoms with Gasteiger partial charge in [-0.25, -0.2) is 0 Å². The smallest absolute Gasteiger partial charge is 0.220 e. The minimum Gasteiger partial charge on any atom is -0.390 e. The highest BCUT2D eigenvalue weighted by Gasteiger charge is 2.45. The minimum absolute atomic E-state index is 0.113. The zero-order chi connectivity index (χ0) is 44.8. The topological polar surface area (TPSA) is 178 Å². The van der Waals surface area contributed by atoms with Crippen molar-refractivity contribution in [1.82, 2.24) is 10.6 Å². The molecule has 0 spiro atoms. The van der Waals surface area contributed by atoms with E-state index >= 15 is 0 Å². The number of carbonyl (C=O) groups is 2. The first kappa shape index (κ1) is 57.4. The van der Waals surface area contributed by atoms with Crippen molar-refractivity contribution >= 4 is 11.8 Å². The van der Waals surface area contributed by atoms with Crippen LogP contribution in [-0.4, -0.2) is 99.5 Å². The van der Waals surface area contributed by atoms with Gasteiger partial charge < -0.3 is 45.6 Å². The van der Waals surface area contributed by atoms with E-state index in [1.54, 1.807) is 0 Å². The van der Waals surface area contributed by atoms with Gasteiger partial charge in [0.2, 0.25) is 11.8 Å². The Morgan fingerprint density at radius 2 is 1.02 bits per heavy atom. The average molecular weight is 869 g/mol. The molecule has 360 valence electrons. The van der Waals surface area contributed by atoms with Crippen LogP contribution in [0.25, 0.3) is 0 Å². The highest BCUT2D eigenvalue weighted by Crippen LogP contribution is 2.23. The molecular weight excluding hydrogens is 773 g/mol. The van der Waals surface area contributed by atoms with Crippen molar-refractivity contribution in [3.05, 3.63) is 12.2 Å². The Balaban J connectivity index is 2.41. The van der Waals surface area contributed by atoms with Gasteiger partial charge in [0.05, 0.1) is 18.8 Å². The van der Waals surface area contributed by atoms with Gasteiger partial charge in [0.15, 0.2) is 6.29 Å². The van der Waals surface area contributed by atoms with Crippen molar-refractivity contribution in [2.24, 2.45) is 0 Å². The van der Waals surface area contributed by atoms with Gasteiger partial charge in [0.25, 0.3) is 0 Å². The molecule has 7 N–H and O–H groups in total. The Labute approximate surface area is 373 Å². The van der Waals surface area contributed by atoms with Crippen molar-refractivity contribution < 1.29 is 44.6 Å². The molecule has 0 bridgehead atoms. The van der Waals surface area contributed by atoms with E-state index in [4.69, 9.17) is 9.47 Å². The summed E-state index contributed by atoms with van der Waals surface area (Å²) >= 11 is 0. The maximum Gasteiger partial charge on any atom is 0.220 e. The molecule has 2 amide bonds. The van der Waals surface area contributed by atoms with Gasteiger partial charge in [0.1, 0.15) is 30.5 Å². The lowest BCUT2D eigenvalue weighted by atomic mass is 9.98. The molecule has 1 heterocycles. The quantitative estimate of drug-likeness (QED) is 0.0233. The van der Waals surface area contributed by atoms with E-state index in [0.29, 0.717) is 12.8 Å². The molecule has 0 aromatic carbocycles. The lowest BCUT2D eigenvalue weighted by Gasteiger charge is -2.41. The fourth-order valence-electron chi connectivity index (χ4n) is 8.22. The van der Waals surface area contributed by atoms with E-state index < -0.39 is 49.0 Å². The zero-order valence-electron chi connectivity index (χ0n) is 39.4. The highest BCUT2D eigenvalue weighted by molar-refractivity contribution is 5.76. The summed E-state index contributed by atoms with van der Waals surface area (Å²) in [6.07, 6.45) is 33.6. The molecule has 1 aliphatic heterocycles. The lowest BCUT2D eigenvalue weighted by molar-refractivity contribution is -0.297. The molecule has 11 heteroatoms. The molecule has 0 radical (unpaired) electrons. The molecule has 1 rings (SSSR count). The largest absolute Gasteiger partial charge is 0.390 e. The predicted octanol–water partition coefficient (Wildman–Crippen LogP) is 9.62. The molecule has 11 nitrogen and oxygen atoms in total. The van der Waals surface area contributed by atoms with Gasteiger partial charge in [-0.3, -0.25) is 9.59 Å². The van der Waals surface area contributed by atoms with Gasteiger partial charge in [0, 0.05) is 19.9 Å². The third-order valence-corrected chi connectivity index (χ3v) is 12.3. The summed E-state index contributed by atoms with van der Waals surface area (Å²) in [5.41, 5.74) is 0.